The number of halogens is 2. The Kier molecular flexibility index (Phi) is 5.25. The maximum atomic E-state index is 12.3. The van der Waals surface area contributed by atoms with Gasteiger partial charge in [0.1, 0.15) is 0 Å². The van der Waals surface area contributed by atoms with Gasteiger partial charge in [-0.05, 0) is 37.1 Å². The fraction of sp³-hybridized carbons (Fsp3) is 0.176. The average molecular weight is 397 g/mol. The normalized spacial score (nSPS) is 10.8. The number of benzene rings is 1. The number of hydrogen-bond donors (Lipinski definition) is 1. The molecule has 0 atom stereocenters. The topological polar surface area (TPSA) is 42.0 Å². The number of thiophene rings is 1. The van der Waals surface area contributed by atoms with E-state index in [0.29, 0.717) is 27.2 Å². The lowest BCUT2D eigenvalue weighted by molar-refractivity contribution is 0.102. The van der Waals surface area contributed by atoms with E-state index in [-0.39, 0.29) is 5.91 Å². The van der Waals surface area contributed by atoms with Crippen molar-refractivity contribution in [3.63, 3.8) is 0 Å². The van der Waals surface area contributed by atoms with Crippen LogP contribution in [0.3, 0.4) is 0 Å². The van der Waals surface area contributed by atoms with Gasteiger partial charge >= 0.3 is 0 Å². The molecule has 3 aromatic rings. The van der Waals surface area contributed by atoms with E-state index in [1.807, 2.05) is 31.4 Å². The maximum Gasteiger partial charge on any atom is 0.258 e. The van der Waals surface area contributed by atoms with Crippen molar-refractivity contribution in [1.29, 1.82) is 0 Å². The summed E-state index contributed by atoms with van der Waals surface area (Å²) in [5, 5.41) is 6.57. The quantitative estimate of drug-likeness (QED) is 0.589. The number of carbonyl (C=O) groups is 1. The van der Waals surface area contributed by atoms with E-state index in [4.69, 9.17) is 23.2 Å². The second-order valence-electron chi connectivity index (χ2n) is 5.33. The number of hydrogen-bond acceptors (Lipinski definition) is 4. The summed E-state index contributed by atoms with van der Waals surface area (Å²) in [6.45, 7) is 3.96. The van der Waals surface area contributed by atoms with Gasteiger partial charge in [-0.25, -0.2) is 4.98 Å². The molecule has 0 aliphatic rings. The zero-order chi connectivity index (χ0) is 17.3. The van der Waals surface area contributed by atoms with E-state index in [1.165, 1.54) is 11.3 Å². The molecule has 3 nitrogen and oxygen atoms in total. The van der Waals surface area contributed by atoms with E-state index >= 15 is 0 Å². The average Bonchev–Trinajstić information content (AvgIpc) is 3.10. The third-order valence-corrected chi connectivity index (χ3v) is 6.20. The van der Waals surface area contributed by atoms with Crippen LogP contribution < -0.4 is 5.32 Å². The molecule has 124 valence electrons. The lowest BCUT2D eigenvalue weighted by Crippen LogP contribution is -2.11. The van der Waals surface area contributed by atoms with Crippen LogP contribution in [0.4, 0.5) is 5.13 Å². The Morgan fingerprint density at radius 3 is 2.75 bits per heavy atom. The number of aromatic nitrogens is 1. The molecule has 0 saturated carbocycles. The van der Waals surface area contributed by atoms with Crippen LogP contribution in [-0.4, -0.2) is 10.9 Å². The third kappa shape index (κ3) is 3.81. The molecule has 1 aromatic carbocycles. The number of anilines is 1. The SMILES string of the molecule is Cc1scc(C(=O)Nc2ncc(Cc3ccc(Cl)cc3Cl)s2)c1C. The number of nitrogens with zero attached hydrogens (tertiary/aromatic N) is 1. The minimum absolute atomic E-state index is 0.123. The number of aryl methyl sites for hydroxylation is 1. The fourth-order valence-electron chi connectivity index (χ4n) is 2.20. The van der Waals surface area contributed by atoms with Gasteiger partial charge < -0.3 is 0 Å². The zero-order valence-electron chi connectivity index (χ0n) is 13.0. The second kappa shape index (κ2) is 7.23. The molecule has 0 saturated heterocycles. The van der Waals surface area contributed by atoms with Gasteiger partial charge in [0, 0.05) is 37.8 Å². The molecule has 0 bridgehead atoms. The number of nitrogens with one attached hydrogen (secondary N) is 1. The van der Waals surface area contributed by atoms with Crippen LogP contribution in [0.1, 0.15) is 31.2 Å². The summed E-state index contributed by atoms with van der Waals surface area (Å²) in [6.07, 6.45) is 2.41. The van der Waals surface area contributed by atoms with Crippen molar-refractivity contribution < 1.29 is 4.79 Å². The van der Waals surface area contributed by atoms with E-state index in [0.717, 1.165) is 20.9 Å². The van der Waals surface area contributed by atoms with Crippen LogP contribution in [0.25, 0.3) is 0 Å². The highest BCUT2D eigenvalue weighted by molar-refractivity contribution is 7.15. The van der Waals surface area contributed by atoms with Crippen molar-refractivity contribution in [2.24, 2.45) is 0 Å². The number of thiazole rings is 1. The monoisotopic (exact) mass is 396 g/mol. The number of amides is 1. The molecule has 1 amide bonds. The lowest BCUT2D eigenvalue weighted by atomic mass is 10.1. The largest absolute Gasteiger partial charge is 0.298 e. The van der Waals surface area contributed by atoms with E-state index in [2.05, 4.69) is 10.3 Å². The van der Waals surface area contributed by atoms with Gasteiger partial charge in [0.15, 0.2) is 5.13 Å². The van der Waals surface area contributed by atoms with Crippen LogP contribution >= 0.6 is 45.9 Å². The summed E-state index contributed by atoms with van der Waals surface area (Å²) in [5.41, 5.74) is 2.70. The summed E-state index contributed by atoms with van der Waals surface area (Å²) in [5.74, 6) is -0.123. The molecule has 24 heavy (non-hydrogen) atoms. The predicted octanol–water partition coefficient (Wildman–Crippen LogP) is 5.97. The van der Waals surface area contributed by atoms with Crippen LogP contribution in [0, 0.1) is 13.8 Å². The van der Waals surface area contributed by atoms with Gasteiger partial charge in [0.05, 0.1) is 5.56 Å². The highest BCUT2D eigenvalue weighted by atomic mass is 35.5. The van der Waals surface area contributed by atoms with Gasteiger partial charge in [0.25, 0.3) is 5.91 Å². The fourth-order valence-corrected chi connectivity index (χ4v) is 4.37. The molecule has 2 aromatic heterocycles. The Morgan fingerprint density at radius 1 is 1.29 bits per heavy atom. The Hall–Kier alpha value is -1.40. The Bertz CT molecular complexity index is 902. The first-order valence-electron chi connectivity index (χ1n) is 7.18. The molecule has 0 unspecified atom stereocenters. The third-order valence-electron chi connectivity index (χ3n) is 3.68. The van der Waals surface area contributed by atoms with Crippen LogP contribution in [0.15, 0.2) is 29.8 Å². The maximum absolute atomic E-state index is 12.3. The van der Waals surface area contributed by atoms with E-state index in [1.54, 1.807) is 23.6 Å². The van der Waals surface area contributed by atoms with Crippen molar-refractivity contribution in [1.82, 2.24) is 4.98 Å². The van der Waals surface area contributed by atoms with Gasteiger partial charge in [-0.1, -0.05) is 29.3 Å². The molecule has 0 radical (unpaired) electrons. The van der Waals surface area contributed by atoms with Crippen molar-refractivity contribution in [3.05, 3.63) is 66.3 Å². The first kappa shape index (κ1) is 17.4. The van der Waals surface area contributed by atoms with Crippen molar-refractivity contribution in [3.8, 4) is 0 Å². The minimum atomic E-state index is -0.123. The second-order valence-corrected chi connectivity index (χ2v) is 8.37. The zero-order valence-corrected chi connectivity index (χ0v) is 16.2. The van der Waals surface area contributed by atoms with Gasteiger partial charge in [-0.15, -0.1) is 22.7 Å². The summed E-state index contributed by atoms with van der Waals surface area (Å²) >= 11 is 15.1. The summed E-state index contributed by atoms with van der Waals surface area (Å²) < 4.78 is 0. The number of carbonyl (C=O) groups excluding carboxylic acids is 1. The molecule has 0 spiro atoms. The lowest BCUT2D eigenvalue weighted by Gasteiger charge is -2.02. The highest BCUT2D eigenvalue weighted by Gasteiger charge is 2.14. The first-order chi connectivity index (χ1) is 11.4. The number of rotatable bonds is 4. The van der Waals surface area contributed by atoms with Gasteiger partial charge in [-0.2, -0.15) is 0 Å². The molecular weight excluding hydrogens is 383 g/mol. The summed E-state index contributed by atoms with van der Waals surface area (Å²) in [6, 6.07) is 5.44. The van der Waals surface area contributed by atoms with E-state index in [9.17, 15) is 4.79 Å². The molecule has 7 heteroatoms. The standard InChI is InChI=1S/C17H14Cl2N2OS2/c1-9-10(2)23-8-14(9)16(22)21-17-20-7-13(24-17)5-11-3-4-12(18)6-15(11)19/h3-4,6-8H,5H2,1-2H3,(H,20,21,22). The molecule has 2 heterocycles. The smallest absolute Gasteiger partial charge is 0.258 e. The summed E-state index contributed by atoms with van der Waals surface area (Å²) in [7, 11) is 0. The van der Waals surface area contributed by atoms with Gasteiger partial charge in [-0.3, -0.25) is 10.1 Å². The molecule has 1 N–H and O–H groups in total. The van der Waals surface area contributed by atoms with E-state index < -0.39 is 0 Å². The molecule has 0 aliphatic heterocycles. The van der Waals surface area contributed by atoms with Crippen molar-refractivity contribution in [2.45, 2.75) is 20.3 Å². The molecule has 3 rings (SSSR count). The Balaban J connectivity index is 1.71. The van der Waals surface area contributed by atoms with Crippen molar-refractivity contribution >= 4 is 56.9 Å². The molecular formula is C17H14Cl2N2OS2. The molecule has 0 fully saturated rings. The Morgan fingerprint density at radius 2 is 2.08 bits per heavy atom. The predicted molar refractivity (Wildman–Crippen MR) is 103 cm³/mol. The minimum Gasteiger partial charge on any atom is -0.298 e. The van der Waals surface area contributed by atoms with Crippen LogP contribution in [-0.2, 0) is 6.42 Å². The first-order valence-corrected chi connectivity index (χ1v) is 9.64. The van der Waals surface area contributed by atoms with Crippen LogP contribution in [0.5, 0.6) is 0 Å². The summed E-state index contributed by atoms with van der Waals surface area (Å²) in [4.78, 5) is 18.8. The van der Waals surface area contributed by atoms with Crippen molar-refractivity contribution in [2.75, 3.05) is 5.32 Å². The molecule has 0 aliphatic carbocycles. The van der Waals surface area contributed by atoms with Gasteiger partial charge in [0.2, 0.25) is 0 Å². The Labute approximate surface area is 158 Å². The highest BCUT2D eigenvalue weighted by Crippen LogP contribution is 2.28. The van der Waals surface area contributed by atoms with Crippen LogP contribution in [0.2, 0.25) is 10.0 Å².